The predicted molar refractivity (Wildman–Crippen MR) is 139 cm³/mol. The van der Waals surface area contributed by atoms with Crippen molar-refractivity contribution in [3.05, 3.63) is 54.1 Å². The SMILES string of the molecule is CC(C)(C)c1ccc(N(C(=O)C2CC(O)CN2C#N)C(C(=O)NC2CCCCC2)c2cnccn2)cc1. The quantitative estimate of drug-likeness (QED) is 0.579. The molecular formula is C28H36N6O3. The Labute approximate surface area is 218 Å². The molecule has 2 amide bonds. The number of carbonyl (C=O) groups is 2. The normalized spacial score (nSPS) is 21.2. The van der Waals surface area contributed by atoms with Crippen molar-refractivity contribution in [3.8, 4) is 6.19 Å². The van der Waals surface area contributed by atoms with E-state index in [1.807, 2.05) is 30.5 Å². The largest absolute Gasteiger partial charge is 0.391 e. The highest BCUT2D eigenvalue weighted by molar-refractivity contribution is 6.03. The molecule has 9 heteroatoms. The Morgan fingerprint density at radius 2 is 1.86 bits per heavy atom. The van der Waals surface area contributed by atoms with Gasteiger partial charge in [0.1, 0.15) is 6.04 Å². The summed E-state index contributed by atoms with van der Waals surface area (Å²) in [5, 5.41) is 23.1. The van der Waals surface area contributed by atoms with Gasteiger partial charge in [-0.05, 0) is 36.0 Å². The summed E-state index contributed by atoms with van der Waals surface area (Å²) in [5.41, 5.74) is 1.85. The summed E-state index contributed by atoms with van der Waals surface area (Å²) in [6.45, 7) is 6.40. The Balaban J connectivity index is 1.78. The smallest absolute Gasteiger partial charge is 0.251 e. The second kappa shape index (κ2) is 11.3. The number of nitrogens with one attached hydrogen (secondary N) is 1. The molecule has 1 aliphatic heterocycles. The second-order valence-corrected chi connectivity index (χ2v) is 11.0. The fourth-order valence-electron chi connectivity index (χ4n) is 5.21. The zero-order chi connectivity index (χ0) is 26.6. The topological polar surface area (TPSA) is 122 Å². The van der Waals surface area contributed by atoms with Crippen molar-refractivity contribution in [2.75, 3.05) is 11.4 Å². The Morgan fingerprint density at radius 1 is 1.16 bits per heavy atom. The molecule has 0 bridgehead atoms. The van der Waals surface area contributed by atoms with E-state index in [4.69, 9.17) is 0 Å². The van der Waals surface area contributed by atoms with E-state index in [2.05, 4.69) is 36.1 Å². The lowest BCUT2D eigenvalue weighted by atomic mass is 9.87. The third-order valence-electron chi connectivity index (χ3n) is 7.26. The van der Waals surface area contributed by atoms with Gasteiger partial charge in [0.05, 0.1) is 24.5 Å². The molecule has 0 radical (unpaired) electrons. The number of amides is 2. The number of β-amino-alcohol motifs (C(OH)–C–C–N with tert-alkyl or cyclic N) is 1. The van der Waals surface area contributed by atoms with Crippen molar-refractivity contribution >= 4 is 17.5 Å². The van der Waals surface area contributed by atoms with Gasteiger partial charge in [0.25, 0.3) is 5.91 Å². The average Bonchev–Trinajstić information content (AvgIpc) is 3.28. The van der Waals surface area contributed by atoms with Gasteiger partial charge in [-0.15, -0.1) is 0 Å². The van der Waals surface area contributed by atoms with Crippen LogP contribution in [0.5, 0.6) is 0 Å². The second-order valence-electron chi connectivity index (χ2n) is 11.0. The van der Waals surface area contributed by atoms with Crippen LogP contribution in [0.2, 0.25) is 0 Å². The summed E-state index contributed by atoms with van der Waals surface area (Å²) in [7, 11) is 0. The summed E-state index contributed by atoms with van der Waals surface area (Å²) in [6, 6.07) is 5.63. The number of rotatable bonds is 6. The maximum absolute atomic E-state index is 14.1. The Kier molecular flexibility index (Phi) is 8.08. The van der Waals surface area contributed by atoms with E-state index in [1.165, 1.54) is 28.4 Å². The van der Waals surface area contributed by atoms with Crippen LogP contribution in [0.1, 0.15) is 76.6 Å². The molecule has 196 valence electrons. The molecule has 3 unspecified atom stereocenters. The number of benzene rings is 1. The van der Waals surface area contributed by atoms with Gasteiger partial charge in [-0.25, -0.2) is 0 Å². The number of aliphatic hydroxyl groups is 1. The van der Waals surface area contributed by atoms with Gasteiger partial charge in [-0.3, -0.25) is 29.4 Å². The fourth-order valence-corrected chi connectivity index (χ4v) is 5.21. The maximum Gasteiger partial charge on any atom is 0.251 e. The first kappa shape index (κ1) is 26.6. The Morgan fingerprint density at radius 3 is 2.46 bits per heavy atom. The lowest BCUT2D eigenvalue weighted by molar-refractivity contribution is -0.128. The Bertz CT molecular complexity index is 1120. The number of nitriles is 1. The highest BCUT2D eigenvalue weighted by Gasteiger charge is 2.43. The molecule has 37 heavy (non-hydrogen) atoms. The number of anilines is 1. The third-order valence-corrected chi connectivity index (χ3v) is 7.26. The Hall–Kier alpha value is -3.51. The van der Waals surface area contributed by atoms with E-state index >= 15 is 0 Å². The predicted octanol–water partition coefficient (Wildman–Crippen LogP) is 3.21. The monoisotopic (exact) mass is 504 g/mol. The van der Waals surface area contributed by atoms with Crippen LogP contribution >= 0.6 is 0 Å². The molecule has 1 saturated carbocycles. The average molecular weight is 505 g/mol. The zero-order valence-corrected chi connectivity index (χ0v) is 21.8. The molecule has 1 aromatic carbocycles. The first-order valence-electron chi connectivity index (χ1n) is 13.0. The number of hydrogen-bond acceptors (Lipinski definition) is 7. The number of aliphatic hydroxyl groups excluding tert-OH is 1. The number of nitrogens with zero attached hydrogens (tertiary/aromatic N) is 5. The van der Waals surface area contributed by atoms with E-state index < -0.39 is 24.1 Å². The number of likely N-dealkylation sites (tertiary alicyclic amines) is 1. The van der Waals surface area contributed by atoms with Crippen molar-refractivity contribution in [1.82, 2.24) is 20.2 Å². The third kappa shape index (κ3) is 6.08. The van der Waals surface area contributed by atoms with Crippen LogP contribution in [-0.4, -0.2) is 56.5 Å². The summed E-state index contributed by atoms with van der Waals surface area (Å²) in [5.74, 6) is -0.765. The van der Waals surface area contributed by atoms with Gasteiger partial charge < -0.3 is 10.4 Å². The molecule has 2 fully saturated rings. The number of carbonyl (C=O) groups excluding carboxylic acids is 2. The molecule has 2 aliphatic rings. The van der Waals surface area contributed by atoms with Gasteiger partial charge in [0.15, 0.2) is 12.2 Å². The minimum Gasteiger partial charge on any atom is -0.391 e. The minimum atomic E-state index is -1.08. The van der Waals surface area contributed by atoms with Gasteiger partial charge >= 0.3 is 0 Å². The lowest BCUT2D eigenvalue weighted by Crippen LogP contribution is -2.52. The summed E-state index contributed by atoms with van der Waals surface area (Å²) < 4.78 is 0. The van der Waals surface area contributed by atoms with Crippen LogP contribution in [0.25, 0.3) is 0 Å². The summed E-state index contributed by atoms with van der Waals surface area (Å²) >= 11 is 0. The van der Waals surface area contributed by atoms with Crippen LogP contribution in [0.3, 0.4) is 0 Å². The van der Waals surface area contributed by atoms with E-state index in [-0.39, 0.29) is 30.3 Å². The molecular weight excluding hydrogens is 468 g/mol. The van der Waals surface area contributed by atoms with E-state index in [0.717, 1.165) is 37.7 Å². The van der Waals surface area contributed by atoms with Crippen molar-refractivity contribution in [2.24, 2.45) is 0 Å². The van der Waals surface area contributed by atoms with Crippen LogP contribution in [0.4, 0.5) is 5.69 Å². The van der Waals surface area contributed by atoms with E-state index in [1.54, 1.807) is 0 Å². The standard InChI is InChI=1S/C28H36N6O3/c1-28(2,3)19-9-11-21(12-10-19)34(27(37)24-15-22(35)17-33(24)18-29)25(23-16-30-13-14-31-23)26(36)32-20-7-5-4-6-8-20/h9-14,16,20,22,24-25,35H,4-8,15,17H2,1-3H3,(H,32,36). The summed E-state index contributed by atoms with van der Waals surface area (Å²) in [4.78, 5) is 39.3. The molecule has 3 atom stereocenters. The van der Waals surface area contributed by atoms with Gasteiger partial charge in [0, 0.05) is 30.5 Å². The van der Waals surface area contributed by atoms with Crippen LogP contribution in [0, 0.1) is 11.5 Å². The van der Waals surface area contributed by atoms with E-state index in [0.29, 0.717) is 11.4 Å². The molecule has 9 nitrogen and oxygen atoms in total. The zero-order valence-electron chi connectivity index (χ0n) is 21.8. The number of hydrogen-bond donors (Lipinski definition) is 2. The molecule has 0 spiro atoms. The molecule has 2 aromatic rings. The van der Waals surface area contributed by atoms with Crippen molar-refractivity contribution in [1.29, 1.82) is 5.26 Å². The summed E-state index contributed by atoms with van der Waals surface area (Å²) in [6.07, 6.45) is 10.9. The molecule has 2 heterocycles. The fraction of sp³-hybridized carbons (Fsp3) is 0.536. The number of aromatic nitrogens is 2. The minimum absolute atomic E-state index is 0.0320. The van der Waals surface area contributed by atoms with Gasteiger partial charge in [-0.1, -0.05) is 52.2 Å². The van der Waals surface area contributed by atoms with Crippen molar-refractivity contribution in [2.45, 2.75) is 88.9 Å². The van der Waals surface area contributed by atoms with Crippen LogP contribution < -0.4 is 10.2 Å². The van der Waals surface area contributed by atoms with Crippen LogP contribution in [-0.2, 0) is 15.0 Å². The van der Waals surface area contributed by atoms with E-state index in [9.17, 15) is 20.0 Å². The van der Waals surface area contributed by atoms with Gasteiger partial charge in [0.2, 0.25) is 5.91 Å². The van der Waals surface area contributed by atoms with Gasteiger partial charge in [-0.2, -0.15) is 5.26 Å². The molecule has 1 aliphatic carbocycles. The maximum atomic E-state index is 14.1. The first-order chi connectivity index (χ1) is 17.7. The van der Waals surface area contributed by atoms with Crippen LogP contribution in [0.15, 0.2) is 42.9 Å². The van der Waals surface area contributed by atoms with Crippen molar-refractivity contribution in [3.63, 3.8) is 0 Å². The molecule has 4 rings (SSSR count). The highest BCUT2D eigenvalue weighted by atomic mass is 16.3. The highest BCUT2D eigenvalue weighted by Crippen LogP contribution is 2.33. The lowest BCUT2D eigenvalue weighted by Gasteiger charge is -2.35. The van der Waals surface area contributed by atoms with Crippen molar-refractivity contribution < 1.29 is 14.7 Å². The molecule has 2 N–H and O–H groups in total. The molecule has 1 aromatic heterocycles. The molecule has 1 saturated heterocycles. The first-order valence-corrected chi connectivity index (χ1v) is 13.0.